The Morgan fingerprint density at radius 3 is 2.00 bits per heavy atom. The Labute approximate surface area is 90.2 Å². The van der Waals surface area contributed by atoms with Gasteiger partial charge in [-0.1, -0.05) is 39.7 Å². The van der Waals surface area contributed by atoms with Gasteiger partial charge in [-0.2, -0.15) is 0 Å². The molecule has 0 saturated heterocycles. The van der Waals surface area contributed by atoms with Gasteiger partial charge in [0.1, 0.15) is 0 Å². The average molecular weight is 197 g/mol. The summed E-state index contributed by atoms with van der Waals surface area (Å²) in [5.74, 6) is 0.628. The molecule has 0 fully saturated rings. The van der Waals surface area contributed by atoms with Crippen LogP contribution in [-0.2, 0) is 0 Å². The summed E-state index contributed by atoms with van der Waals surface area (Å²) < 4.78 is 0. The summed E-state index contributed by atoms with van der Waals surface area (Å²) in [7, 11) is 0. The Balaban J connectivity index is 3.76. The minimum Gasteiger partial charge on any atom is -0.303 e. The lowest BCUT2D eigenvalue weighted by Crippen LogP contribution is -2.30. The van der Waals surface area contributed by atoms with Crippen molar-refractivity contribution in [2.24, 2.45) is 5.92 Å². The van der Waals surface area contributed by atoms with Crippen LogP contribution in [0.3, 0.4) is 0 Å². The van der Waals surface area contributed by atoms with Gasteiger partial charge in [-0.3, -0.25) is 0 Å². The van der Waals surface area contributed by atoms with Gasteiger partial charge in [0.25, 0.3) is 0 Å². The normalized spacial score (nSPS) is 13.1. The van der Waals surface area contributed by atoms with Gasteiger partial charge in [-0.05, 0) is 31.8 Å². The molecule has 0 aromatic carbocycles. The van der Waals surface area contributed by atoms with Gasteiger partial charge >= 0.3 is 0 Å². The standard InChI is InChI=1S/C13H27N/c1-5-8-10-14(11-9-6-2)12-13(4)7-3/h7,13H,3,5-6,8-12H2,1-2,4H3. The Bertz CT molecular complexity index is 123. The second kappa shape index (κ2) is 9.26. The lowest BCUT2D eigenvalue weighted by Gasteiger charge is -2.24. The highest BCUT2D eigenvalue weighted by molar-refractivity contribution is 4.78. The van der Waals surface area contributed by atoms with Crippen LogP contribution in [0.25, 0.3) is 0 Å². The Morgan fingerprint density at radius 2 is 1.64 bits per heavy atom. The Kier molecular flexibility index (Phi) is 9.06. The molecule has 0 aliphatic carbocycles. The van der Waals surface area contributed by atoms with Crippen molar-refractivity contribution in [2.75, 3.05) is 19.6 Å². The molecule has 0 saturated carbocycles. The second-order valence-electron chi connectivity index (χ2n) is 4.22. The third kappa shape index (κ3) is 7.14. The molecule has 0 N–H and O–H groups in total. The van der Waals surface area contributed by atoms with Gasteiger partial charge in [0, 0.05) is 6.54 Å². The number of unbranched alkanes of at least 4 members (excludes halogenated alkanes) is 2. The molecule has 0 radical (unpaired) electrons. The fourth-order valence-corrected chi connectivity index (χ4v) is 1.54. The summed E-state index contributed by atoms with van der Waals surface area (Å²) >= 11 is 0. The van der Waals surface area contributed by atoms with Crippen molar-refractivity contribution in [1.82, 2.24) is 4.90 Å². The molecule has 0 rings (SSSR count). The molecule has 0 aliphatic rings. The molecule has 0 amide bonds. The topological polar surface area (TPSA) is 3.24 Å². The van der Waals surface area contributed by atoms with E-state index in [0.29, 0.717) is 5.92 Å². The van der Waals surface area contributed by atoms with E-state index in [4.69, 9.17) is 0 Å². The van der Waals surface area contributed by atoms with Crippen molar-refractivity contribution in [3.8, 4) is 0 Å². The number of nitrogens with zero attached hydrogens (tertiary/aromatic N) is 1. The quantitative estimate of drug-likeness (QED) is 0.509. The molecule has 0 spiro atoms. The van der Waals surface area contributed by atoms with E-state index >= 15 is 0 Å². The van der Waals surface area contributed by atoms with Gasteiger partial charge in [0.15, 0.2) is 0 Å². The highest BCUT2D eigenvalue weighted by Crippen LogP contribution is 2.04. The smallest absolute Gasteiger partial charge is 0.00416 e. The minimum absolute atomic E-state index is 0.628. The van der Waals surface area contributed by atoms with Crippen LogP contribution in [0.15, 0.2) is 12.7 Å². The fourth-order valence-electron chi connectivity index (χ4n) is 1.54. The molecule has 0 heterocycles. The summed E-state index contributed by atoms with van der Waals surface area (Å²) in [5.41, 5.74) is 0. The SMILES string of the molecule is C=CC(C)CN(CCCC)CCCC. The molecule has 0 aromatic heterocycles. The van der Waals surface area contributed by atoms with Crippen molar-refractivity contribution in [2.45, 2.75) is 46.5 Å². The van der Waals surface area contributed by atoms with Crippen LogP contribution in [0.5, 0.6) is 0 Å². The highest BCUT2D eigenvalue weighted by Gasteiger charge is 2.06. The van der Waals surface area contributed by atoms with E-state index in [9.17, 15) is 0 Å². The number of hydrogen-bond donors (Lipinski definition) is 0. The zero-order chi connectivity index (χ0) is 10.8. The fraction of sp³-hybridized carbons (Fsp3) is 0.846. The third-order valence-corrected chi connectivity index (χ3v) is 2.60. The van der Waals surface area contributed by atoms with Crippen molar-refractivity contribution in [3.05, 3.63) is 12.7 Å². The summed E-state index contributed by atoms with van der Waals surface area (Å²) in [6.45, 7) is 14.3. The van der Waals surface area contributed by atoms with Crippen LogP contribution < -0.4 is 0 Å². The Morgan fingerprint density at radius 1 is 1.14 bits per heavy atom. The second-order valence-corrected chi connectivity index (χ2v) is 4.22. The van der Waals surface area contributed by atoms with Crippen molar-refractivity contribution < 1.29 is 0 Å². The summed E-state index contributed by atoms with van der Waals surface area (Å²) in [4.78, 5) is 2.58. The van der Waals surface area contributed by atoms with Crippen LogP contribution in [0, 0.1) is 5.92 Å². The molecule has 1 unspecified atom stereocenters. The molecular weight excluding hydrogens is 170 g/mol. The van der Waals surface area contributed by atoms with Crippen molar-refractivity contribution in [3.63, 3.8) is 0 Å². The zero-order valence-electron chi connectivity index (χ0n) is 10.3. The maximum atomic E-state index is 3.85. The van der Waals surface area contributed by atoms with E-state index in [0.717, 1.165) is 0 Å². The molecule has 84 valence electrons. The first-order chi connectivity index (χ1) is 6.74. The Hall–Kier alpha value is -0.300. The summed E-state index contributed by atoms with van der Waals surface area (Å²) in [5, 5.41) is 0. The van der Waals surface area contributed by atoms with Gasteiger partial charge < -0.3 is 4.90 Å². The first kappa shape index (κ1) is 13.7. The predicted molar refractivity (Wildman–Crippen MR) is 65.6 cm³/mol. The largest absolute Gasteiger partial charge is 0.303 e. The van der Waals surface area contributed by atoms with E-state index in [2.05, 4.69) is 38.3 Å². The molecule has 14 heavy (non-hydrogen) atoms. The molecule has 1 heteroatoms. The van der Waals surface area contributed by atoms with Gasteiger partial charge in [0.2, 0.25) is 0 Å². The lowest BCUT2D eigenvalue weighted by molar-refractivity contribution is 0.246. The first-order valence-electron chi connectivity index (χ1n) is 6.09. The molecule has 0 bridgehead atoms. The van der Waals surface area contributed by atoms with E-state index in [1.807, 2.05) is 0 Å². The molecule has 1 nitrogen and oxygen atoms in total. The predicted octanol–water partition coefficient (Wildman–Crippen LogP) is 3.71. The van der Waals surface area contributed by atoms with Crippen LogP contribution in [-0.4, -0.2) is 24.5 Å². The maximum Gasteiger partial charge on any atom is 0.00416 e. The molecule has 0 aliphatic heterocycles. The summed E-state index contributed by atoms with van der Waals surface area (Å²) in [6, 6.07) is 0. The van der Waals surface area contributed by atoms with Crippen molar-refractivity contribution >= 4 is 0 Å². The van der Waals surface area contributed by atoms with E-state index in [1.165, 1.54) is 45.3 Å². The lowest BCUT2D eigenvalue weighted by atomic mass is 10.1. The van der Waals surface area contributed by atoms with Gasteiger partial charge in [0.05, 0.1) is 0 Å². The van der Waals surface area contributed by atoms with E-state index in [1.54, 1.807) is 0 Å². The van der Waals surface area contributed by atoms with Crippen LogP contribution >= 0.6 is 0 Å². The molecule has 1 atom stereocenters. The van der Waals surface area contributed by atoms with Crippen molar-refractivity contribution in [1.29, 1.82) is 0 Å². The van der Waals surface area contributed by atoms with Gasteiger partial charge in [-0.15, -0.1) is 6.58 Å². The zero-order valence-corrected chi connectivity index (χ0v) is 10.3. The average Bonchev–Trinajstić information content (AvgIpc) is 2.21. The highest BCUT2D eigenvalue weighted by atomic mass is 15.1. The van der Waals surface area contributed by atoms with Crippen LogP contribution in [0.2, 0.25) is 0 Å². The summed E-state index contributed by atoms with van der Waals surface area (Å²) in [6.07, 6.45) is 7.31. The van der Waals surface area contributed by atoms with E-state index < -0.39 is 0 Å². The van der Waals surface area contributed by atoms with Crippen LogP contribution in [0.4, 0.5) is 0 Å². The molecule has 0 aromatic rings. The minimum atomic E-state index is 0.628. The number of hydrogen-bond acceptors (Lipinski definition) is 1. The first-order valence-corrected chi connectivity index (χ1v) is 6.09. The van der Waals surface area contributed by atoms with Gasteiger partial charge in [-0.25, -0.2) is 0 Å². The van der Waals surface area contributed by atoms with Crippen LogP contribution in [0.1, 0.15) is 46.5 Å². The third-order valence-electron chi connectivity index (χ3n) is 2.60. The number of rotatable bonds is 9. The molecular formula is C13H27N. The van der Waals surface area contributed by atoms with E-state index in [-0.39, 0.29) is 0 Å². The monoisotopic (exact) mass is 197 g/mol. The maximum absolute atomic E-state index is 3.85.